The number of nitrogens with one attached hydrogen (secondary N) is 2. The number of hydrogen-bond donors (Lipinski definition) is 2. The van der Waals surface area contributed by atoms with Crippen molar-refractivity contribution in [2.45, 2.75) is 25.3 Å². The van der Waals surface area contributed by atoms with Crippen molar-refractivity contribution in [2.75, 3.05) is 18.7 Å². The van der Waals surface area contributed by atoms with Gasteiger partial charge in [-0.25, -0.2) is 4.79 Å². The van der Waals surface area contributed by atoms with Gasteiger partial charge in [0.05, 0.1) is 0 Å². The van der Waals surface area contributed by atoms with E-state index in [0.717, 1.165) is 10.5 Å². The van der Waals surface area contributed by atoms with E-state index in [1.807, 2.05) is 30.3 Å². The Balaban J connectivity index is 1.37. The number of fused-ring (bicyclic) bond motifs is 1. The molecule has 2 aliphatic heterocycles. The average molecular weight is 395 g/mol. The first kappa shape index (κ1) is 18.8. The van der Waals surface area contributed by atoms with Crippen LogP contribution in [0.25, 0.3) is 0 Å². The number of ether oxygens (including phenoxy) is 2. The number of carbonyl (C=O) groups excluding carboxylic acids is 3. The number of hydrogen-bond acceptors (Lipinski definition) is 5. The SMILES string of the molecule is C[C@@]1(CCc2ccccc2)NC(=O)N(CC(=O)Nc2ccc3c(c2)OCO3)C1=O. The zero-order chi connectivity index (χ0) is 20.4. The fraction of sp³-hybridized carbons (Fsp3) is 0.286. The monoisotopic (exact) mass is 395 g/mol. The average Bonchev–Trinajstić information content (AvgIpc) is 3.25. The zero-order valence-electron chi connectivity index (χ0n) is 15.9. The van der Waals surface area contributed by atoms with Gasteiger partial charge in [-0.1, -0.05) is 30.3 Å². The molecule has 8 nitrogen and oxygen atoms in total. The van der Waals surface area contributed by atoms with Crippen LogP contribution < -0.4 is 20.1 Å². The van der Waals surface area contributed by atoms with Gasteiger partial charge in [-0.3, -0.25) is 14.5 Å². The second-order valence-electron chi connectivity index (χ2n) is 7.26. The van der Waals surface area contributed by atoms with Crippen molar-refractivity contribution in [3.63, 3.8) is 0 Å². The minimum absolute atomic E-state index is 0.136. The summed E-state index contributed by atoms with van der Waals surface area (Å²) in [6.45, 7) is 1.46. The molecule has 0 aromatic heterocycles. The van der Waals surface area contributed by atoms with Crippen LogP contribution in [0.5, 0.6) is 11.5 Å². The second kappa shape index (κ2) is 7.46. The highest BCUT2D eigenvalue weighted by atomic mass is 16.7. The van der Waals surface area contributed by atoms with Gasteiger partial charge in [0.1, 0.15) is 12.1 Å². The molecule has 0 aliphatic carbocycles. The van der Waals surface area contributed by atoms with E-state index >= 15 is 0 Å². The van der Waals surface area contributed by atoms with Crippen LogP contribution in [0.2, 0.25) is 0 Å². The normalized spacial score (nSPS) is 20.0. The number of imide groups is 1. The number of nitrogens with zero attached hydrogens (tertiary/aromatic N) is 1. The number of urea groups is 1. The van der Waals surface area contributed by atoms with Crippen LogP contribution in [0, 0.1) is 0 Å². The molecule has 0 radical (unpaired) electrons. The van der Waals surface area contributed by atoms with Crippen LogP contribution in [0.15, 0.2) is 48.5 Å². The molecule has 0 saturated carbocycles. The highest BCUT2D eigenvalue weighted by molar-refractivity contribution is 6.09. The largest absolute Gasteiger partial charge is 0.454 e. The molecule has 2 aliphatic rings. The zero-order valence-corrected chi connectivity index (χ0v) is 15.9. The minimum atomic E-state index is -1.04. The fourth-order valence-electron chi connectivity index (χ4n) is 3.42. The van der Waals surface area contributed by atoms with Crippen molar-refractivity contribution >= 4 is 23.5 Å². The van der Waals surface area contributed by atoms with Crippen LogP contribution >= 0.6 is 0 Å². The van der Waals surface area contributed by atoms with Gasteiger partial charge in [0.15, 0.2) is 11.5 Å². The summed E-state index contributed by atoms with van der Waals surface area (Å²) in [5.41, 5.74) is 0.541. The Morgan fingerprint density at radius 2 is 1.90 bits per heavy atom. The maximum Gasteiger partial charge on any atom is 0.325 e. The maximum absolute atomic E-state index is 12.8. The number of carbonyl (C=O) groups is 3. The lowest BCUT2D eigenvalue weighted by molar-refractivity contribution is -0.133. The lowest BCUT2D eigenvalue weighted by Crippen LogP contribution is -2.45. The molecule has 1 saturated heterocycles. The lowest BCUT2D eigenvalue weighted by Gasteiger charge is -2.21. The van der Waals surface area contributed by atoms with E-state index in [0.29, 0.717) is 30.0 Å². The van der Waals surface area contributed by atoms with Crippen LogP contribution in [0.4, 0.5) is 10.5 Å². The topological polar surface area (TPSA) is 97.0 Å². The summed E-state index contributed by atoms with van der Waals surface area (Å²) in [7, 11) is 0. The third-order valence-electron chi connectivity index (χ3n) is 5.06. The number of aryl methyl sites for hydroxylation is 1. The minimum Gasteiger partial charge on any atom is -0.454 e. The van der Waals surface area contributed by atoms with Gasteiger partial charge < -0.3 is 20.1 Å². The maximum atomic E-state index is 12.8. The summed E-state index contributed by atoms with van der Waals surface area (Å²) in [6, 6.07) is 14.2. The third kappa shape index (κ3) is 3.87. The van der Waals surface area contributed by atoms with Crippen molar-refractivity contribution in [3.8, 4) is 11.5 Å². The molecule has 2 aromatic carbocycles. The smallest absolute Gasteiger partial charge is 0.325 e. The fourth-order valence-corrected chi connectivity index (χ4v) is 3.42. The molecule has 1 atom stereocenters. The Labute approximate surface area is 167 Å². The quantitative estimate of drug-likeness (QED) is 0.732. The van der Waals surface area contributed by atoms with Crippen LogP contribution in [0.3, 0.4) is 0 Å². The van der Waals surface area contributed by atoms with Crippen molar-refractivity contribution < 1.29 is 23.9 Å². The standard InChI is InChI=1S/C21H21N3O5/c1-21(10-9-14-5-3-2-4-6-14)19(26)24(20(27)23-21)12-18(25)22-15-7-8-16-17(11-15)29-13-28-16/h2-8,11H,9-10,12-13H2,1H3,(H,22,25)(H,23,27)/t21-/m0/s1. The molecule has 4 rings (SSSR count). The van der Waals surface area contributed by atoms with Gasteiger partial charge in [0, 0.05) is 11.8 Å². The molecule has 8 heteroatoms. The Hall–Kier alpha value is -3.55. The van der Waals surface area contributed by atoms with Crippen molar-refractivity contribution in [1.29, 1.82) is 0 Å². The first-order valence-electron chi connectivity index (χ1n) is 9.32. The van der Waals surface area contributed by atoms with Gasteiger partial charge in [0.25, 0.3) is 5.91 Å². The third-order valence-corrected chi connectivity index (χ3v) is 5.06. The first-order valence-corrected chi connectivity index (χ1v) is 9.32. The van der Waals surface area contributed by atoms with E-state index in [1.54, 1.807) is 25.1 Å². The van der Waals surface area contributed by atoms with E-state index < -0.39 is 23.4 Å². The molecule has 2 heterocycles. The summed E-state index contributed by atoms with van der Waals surface area (Å²) in [5, 5.41) is 5.40. The van der Waals surface area contributed by atoms with Crippen molar-refractivity contribution in [3.05, 3.63) is 54.1 Å². The molecule has 1 fully saturated rings. The number of amides is 4. The summed E-state index contributed by atoms with van der Waals surface area (Å²) in [6.07, 6.45) is 1.09. The molecule has 150 valence electrons. The lowest BCUT2D eigenvalue weighted by atomic mass is 9.93. The van der Waals surface area contributed by atoms with E-state index in [2.05, 4.69) is 10.6 Å². The Bertz CT molecular complexity index is 962. The summed E-state index contributed by atoms with van der Waals surface area (Å²) >= 11 is 0. The molecule has 2 aromatic rings. The number of benzene rings is 2. The van der Waals surface area contributed by atoms with Crippen LogP contribution in [-0.2, 0) is 16.0 Å². The van der Waals surface area contributed by atoms with Gasteiger partial charge in [-0.15, -0.1) is 0 Å². The molecule has 0 spiro atoms. The molecule has 0 unspecified atom stereocenters. The van der Waals surface area contributed by atoms with Crippen molar-refractivity contribution in [1.82, 2.24) is 10.2 Å². The predicted octanol–water partition coefficient (Wildman–Crippen LogP) is 2.30. The molecular weight excluding hydrogens is 374 g/mol. The summed E-state index contributed by atoms with van der Waals surface area (Å²) in [4.78, 5) is 38.5. The Morgan fingerprint density at radius 3 is 2.69 bits per heavy atom. The summed E-state index contributed by atoms with van der Waals surface area (Å²) in [5.74, 6) is 0.261. The van der Waals surface area contributed by atoms with Gasteiger partial charge >= 0.3 is 6.03 Å². The Morgan fingerprint density at radius 1 is 1.14 bits per heavy atom. The second-order valence-corrected chi connectivity index (χ2v) is 7.26. The molecule has 4 amide bonds. The molecular formula is C21H21N3O5. The van der Waals surface area contributed by atoms with Crippen molar-refractivity contribution in [2.24, 2.45) is 0 Å². The number of rotatable bonds is 6. The Kier molecular flexibility index (Phi) is 4.84. The van der Waals surface area contributed by atoms with E-state index in [9.17, 15) is 14.4 Å². The van der Waals surface area contributed by atoms with Crippen LogP contribution in [-0.4, -0.2) is 41.6 Å². The van der Waals surface area contributed by atoms with Gasteiger partial charge in [-0.2, -0.15) is 0 Å². The molecule has 0 bridgehead atoms. The van der Waals surface area contributed by atoms with Gasteiger partial charge in [0.2, 0.25) is 12.7 Å². The van der Waals surface area contributed by atoms with E-state index in [-0.39, 0.29) is 13.3 Å². The first-order chi connectivity index (χ1) is 13.9. The highest BCUT2D eigenvalue weighted by Crippen LogP contribution is 2.34. The molecule has 29 heavy (non-hydrogen) atoms. The number of anilines is 1. The van der Waals surface area contributed by atoms with Gasteiger partial charge in [-0.05, 0) is 37.5 Å². The highest BCUT2D eigenvalue weighted by Gasteiger charge is 2.47. The molecule has 2 N–H and O–H groups in total. The van der Waals surface area contributed by atoms with E-state index in [1.165, 1.54) is 0 Å². The van der Waals surface area contributed by atoms with E-state index in [4.69, 9.17) is 9.47 Å². The summed E-state index contributed by atoms with van der Waals surface area (Å²) < 4.78 is 10.5. The van der Waals surface area contributed by atoms with Crippen LogP contribution in [0.1, 0.15) is 18.9 Å². The predicted molar refractivity (Wildman–Crippen MR) is 105 cm³/mol.